The monoisotopic (exact) mass is 671 g/mol. The van der Waals surface area contributed by atoms with Crippen molar-refractivity contribution in [2.45, 2.75) is 81.8 Å². The van der Waals surface area contributed by atoms with E-state index in [1.807, 2.05) is 36.9 Å². The fourth-order valence-electron chi connectivity index (χ4n) is 5.86. The summed E-state index contributed by atoms with van der Waals surface area (Å²) in [7, 11) is 0. The van der Waals surface area contributed by atoms with E-state index in [1.54, 1.807) is 6.07 Å². The molecule has 252 valence electrons. The number of amides is 4. The van der Waals surface area contributed by atoms with Crippen molar-refractivity contribution in [1.82, 2.24) is 26.3 Å². The number of thioether (sulfide) groups is 1. The average Bonchev–Trinajstić information content (AvgIpc) is 3.75. The summed E-state index contributed by atoms with van der Waals surface area (Å²) >= 11 is 1.88. The number of rotatable bonds is 15. The molecule has 1 aromatic heterocycles. The summed E-state index contributed by atoms with van der Waals surface area (Å²) in [5.74, 6) is 0.879. The van der Waals surface area contributed by atoms with Gasteiger partial charge in [-0.25, -0.2) is 9.78 Å². The molecule has 0 saturated carbocycles. The van der Waals surface area contributed by atoms with Gasteiger partial charge in [-0.05, 0) is 62.9 Å². The lowest BCUT2D eigenvalue weighted by atomic mass is 10.0. The Labute approximate surface area is 276 Å². The summed E-state index contributed by atoms with van der Waals surface area (Å²) in [5.41, 5.74) is 1.22. The number of aromatic nitrogens is 1. The molecule has 47 heavy (non-hydrogen) atoms. The minimum atomic E-state index is -4.46. The molecule has 3 heterocycles. The first kappa shape index (κ1) is 34.3. The zero-order valence-electron chi connectivity index (χ0n) is 26.3. The van der Waals surface area contributed by atoms with E-state index in [0.29, 0.717) is 35.9 Å². The normalized spacial score (nSPS) is 18.8. The number of benzene rings is 2. The number of unbranched alkanes of at least 4 members (excludes halogenated alkanes) is 4. The first-order valence-electron chi connectivity index (χ1n) is 16.1. The van der Waals surface area contributed by atoms with Gasteiger partial charge in [0.25, 0.3) is 5.91 Å². The van der Waals surface area contributed by atoms with E-state index in [1.165, 1.54) is 12.1 Å². The first-order chi connectivity index (χ1) is 22.6. The van der Waals surface area contributed by atoms with Crippen LogP contribution < -0.4 is 21.3 Å². The molecule has 4 amide bonds. The topological polar surface area (TPSA) is 125 Å². The molecule has 3 aromatic rings. The van der Waals surface area contributed by atoms with Crippen molar-refractivity contribution in [3.05, 3.63) is 65.4 Å². The second kappa shape index (κ2) is 15.7. The Balaban J connectivity index is 1.01. The van der Waals surface area contributed by atoms with Gasteiger partial charge in [0.15, 0.2) is 11.5 Å². The number of urea groups is 1. The van der Waals surface area contributed by atoms with Crippen LogP contribution in [0.15, 0.2) is 52.9 Å². The zero-order valence-corrected chi connectivity index (χ0v) is 27.1. The lowest BCUT2D eigenvalue weighted by molar-refractivity contribution is -0.137. The Hall–Kier alpha value is -4.00. The van der Waals surface area contributed by atoms with Gasteiger partial charge in [-0.15, -0.1) is 0 Å². The number of alkyl halides is 3. The highest BCUT2D eigenvalue weighted by Gasteiger charge is 2.42. The molecular formula is C34H40F3N5O4S. The second-order valence-electron chi connectivity index (χ2n) is 12.0. The minimum absolute atomic E-state index is 0.0535. The molecule has 2 aromatic carbocycles. The summed E-state index contributed by atoms with van der Waals surface area (Å²) in [6, 6.07) is 12.2. The molecule has 0 bridgehead atoms. The third-order valence-corrected chi connectivity index (χ3v) is 9.88. The molecule has 2 aliphatic heterocycles. The van der Waals surface area contributed by atoms with E-state index in [-0.39, 0.29) is 41.4 Å². The largest absolute Gasteiger partial charge is 0.435 e. The molecule has 0 radical (unpaired) electrons. The van der Waals surface area contributed by atoms with Crippen LogP contribution in [0.5, 0.6) is 0 Å². The third-order valence-electron chi connectivity index (χ3n) is 8.37. The lowest BCUT2D eigenvalue weighted by Gasteiger charge is -2.16. The van der Waals surface area contributed by atoms with Crippen molar-refractivity contribution in [1.29, 1.82) is 0 Å². The molecule has 9 nitrogen and oxygen atoms in total. The third kappa shape index (κ3) is 9.30. The van der Waals surface area contributed by atoms with Gasteiger partial charge in [0, 0.05) is 41.6 Å². The zero-order chi connectivity index (χ0) is 33.4. The minimum Gasteiger partial charge on any atom is -0.435 e. The summed E-state index contributed by atoms with van der Waals surface area (Å²) in [5, 5.41) is 12.2. The number of oxazole rings is 1. The van der Waals surface area contributed by atoms with Gasteiger partial charge in [-0.3, -0.25) is 9.59 Å². The quantitative estimate of drug-likeness (QED) is 0.109. The summed E-state index contributed by atoms with van der Waals surface area (Å²) in [6.07, 6.45) is 2.13. The van der Waals surface area contributed by atoms with Crippen LogP contribution >= 0.6 is 11.8 Å². The van der Waals surface area contributed by atoms with E-state index in [4.69, 9.17) is 4.42 Å². The number of fused-ring (bicyclic) bond motifs is 1. The fraction of sp³-hybridized carbons (Fsp3) is 0.471. The Morgan fingerprint density at radius 2 is 1.70 bits per heavy atom. The highest BCUT2D eigenvalue weighted by Crippen LogP contribution is 2.34. The Morgan fingerprint density at radius 3 is 2.43 bits per heavy atom. The molecule has 5 rings (SSSR count). The Kier molecular flexibility index (Phi) is 11.5. The van der Waals surface area contributed by atoms with Crippen molar-refractivity contribution in [3.63, 3.8) is 0 Å². The number of hydrogen-bond donors (Lipinski definition) is 4. The van der Waals surface area contributed by atoms with Crippen molar-refractivity contribution in [3.8, 4) is 22.8 Å². The number of nitrogens with zero attached hydrogens (tertiary/aromatic N) is 1. The summed E-state index contributed by atoms with van der Waals surface area (Å²) in [6.45, 7) is 2.93. The first-order valence-corrected chi connectivity index (χ1v) is 17.1. The van der Waals surface area contributed by atoms with Gasteiger partial charge in [0.05, 0.1) is 17.6 Å². The van der Waals surface area contributed by atoms with Gasteiger partial charge in [0.2, 0.25) is 11.8 Å². The van der Waals surface area contributed by atoms with E-state index < -0.39 is 17.6 Å². The molecular weight excluding hydrogens is 631 g/mol. The van der Waals surface area contributed by atoms with Gasteiger partial charge < -0.3 is 25.7 Å². The summed E-state index contributed by atoms with van der Waals surface area (Å²) in [4.78, 5) is 41.3. The van der Waals surface area contributed by atoms with Gasteiger partial charge >= 0.3 is 12.2 Å². The van der Waals surface area contributed by atoms with Gasteiger partial charge in [-0.1, -0.05) is 43.0 Å². The average molecular weight is 672 g/mol. The molecule has 2 unspecified atom stereocenters. The number of nitrogens with one attached hydrogen (secondary N) is 4. The SMILES string of the molecule is Cc1cccc(-c2oc(-c3ccc(C(F)(F)F)cc3)nc2C(=O)NCCCCCCNC(=O)CCCC[C@@H]2SCC3NC(=O)NC32)c1. The highest BCUT2D eigenvalue weighted by molar-refractivity contribution is 8.00. The van der Waals surface area contributed by atoms with E-state index in [0.717, 1.165) is 68.4 Å². The molecule has 2 aliphatic rings. The lowest BCUT2D eigenvalue weighted by Crippen LogP contribution is -2.36. The van der Waals surface area contributed by atoms with Crippen molar-refractivity contribution < 1.29 is 32.0 Å². The number of halogens is 3. The molecule has 4 N–H and O–H groups in total. The highest BCUT2D eigenvalue weighted by atomic mass is 32.2. The van der Waals surface area contributed by atoms with Crippen LogP contribution in [-0.2, 0) is 11.0 Å². The van der Waals surface area contributed by atoms with Crippen molar-refractivity contribution in [2.24, 2.45) is 0 Å². The second-order valence-corrected chi connectivity index (χ2v) is 13.3. The molecule has 0 aliphatic carbocycles. The Bertz CT molecular complexity index is 1550. The van der Waals surface area contributed by atoms with Crippen LogP contribution in [0.25, 0.3) is 22.8 Å². The molecule has 2 saturated heterocycles. The summed E-state index contributed by atoms with van der Waals surface area (Å²) < 4.78 is 45.0. The van der Waals surface area contributed by atoms with E-state index >= 15 is 0 Å². The predicted octanol–water partition coefficient (Wildman–Crippen LogP) is 6.47. The predicted molar refractivity (Wildman–Crippen MR) is 175 cm³/mol. The van der Waals surface area contributed by atoms with Crippen LogP contribution in [-0.4, -0.2) is 59.0 Å². The Morgan fingerprint density at radius 1 is 0.957 bits per heavy atom. The number of carbonyl (C=O) groups is 3. The number of carbonyl (C=O) groups excluding carboxylic acids is 3. The maximum Gasteiger partial charge on any atom is 0.416 e. The number of hydrogen-bond acceptors (Lipinski definition) is 6. The van der Waals surface area contributed by atoms with Crippen LogP contribution in [0, 0.1) is 6.92 Å². The van der Waals surface area contributed by atoms with Crippen LogP contribution in [0.1, 0.15) is 73.0 Å². The molecule has 3 atom stereocenters. The maximum absolute atomic E-state index is 13.2. The smallest absolute Gasteiger partial charge is 0.416 e. The fourth-order valence-corrected chi connectivity index (χ4v) is 7.40. The molecule has 0 spiro atoms. The maximum atomic E-state index is 13.2. The van der Waals surface area contributed by atoms with Crippen LogP contribution in [0.3, 0.4) is 0 Å². The molecule has 13 heteroatoms. The number of aryl methyl sites for hydroxylation is 1. The van der Waals surface area contributed by atoms with E-state index in [2.05, 4.69) is 26.3 Å². The van der Waals surface area contributed by atoms with Gasteiger partial charge in [-0.2, -0.15) is 24.9 Å². The standard InChI is InChI=1S/C34H40F3N5O4S/c1-21-9-8-10-23(19-21)30-29(41-32(46-30)22-13-15-24(16-14-22)34(35,36)37)31(44)39-18-7-3-2-6-17-38-27(43)12-5-4-11-26-28-25(20-47-26)40-33(45)42-28/h8-10,13-16,19,25-26,28H,2-7,11-12,17-18,20H2,1H3,(H,38,43)(H,39,44)(H2,40,42,45)/t25?,26-,28?/m0/s1. The van der Waals surface area contributed by atoms with Crippen molar-refractivity contribution in [2.75, 3.05) is 18.8 Å². The van der Waals surface area contributed by atoms with Gasteiger partial charge in [0.1, 0.15) is 0 Å². The van der Waals surface area contributed by atoms with Crippen LogP contribution in [0.4, 0.5) is 18.0 Å². The van der Waals surface area contributed by atoms with E-state index in [9.17, 15) is 27.6 Å². The van der Waals surface area contributed by atoms with Crippen LogP contribution in [0.2, 0.25) is 0 Å². The molecule has 2 fully saturated rings. The van der Waals surface area contributed by atoms with Crippen molar-refractivity contribution >= 4 is 29.6 Å².